The van der Waals surface area contributed by atoms with Gasteiger partial charge < -0.3 is 14.6 Å². The highest BCUT2D eigenvalue weighted by atomic mass is 16.5. The highest BCUT2D eigenvalue weighted by Crippen LogP contribution is 2.19. The Morgan fingerprint density at radius 1 is 1.29 bits per heavy atom. The van der Waals surface area contributed by atoms with Crippen LogP contribution in [0, 0.1) is 13.8 Å². The van der Waals surface area contributed by atoms with Gasteiger partial charge in [0, 0.05) is 19.8 Å². The van der Waals surface area contributed by atoms with E-state index in [2.05, 4.69) is 4.98 Å². The Morgan fingerprint density at radius 3 is 2.35 bits per heavy atom. The Balaban J connectivity index is 3.19. The highest BCUT2D eigenvalue weighted by Gasteiger charge is 2.23. The Hall–Kier alpha value is -1.78. The predicted molar refractivity (Wildman–Crippen MR) is 64.2 cm³/mol. The zero-order valence-electron chi connectivity index (χ0n) is 10.9. The zero-order valence-corrected chi connectivity index (χ0v) is 10.9. The number of amides is 1. The second kappa shape index (κ2) is 5.03. The average molecular weight is 238 g/mol. The number of H-pyrrole nitrogens is 1. The monoisotopic (exact) mass is 238 g/mol. The van der Waals surface area contributed by atoms with Crippen LogP contribution in [0.1, 0.15) is 39.0 Å². The van der Waals surface area contributed by atoms with E-state index < -0.39 is 5.97 Å². The number of hydrogen-bond donors (Lipinski definition) is 1. The van der Waals surface area contributed by atoms with Gasteiger partial charge in [0.15, 0.2) is 0 Å². The number of nitrogens with zero attached hydrogens (tertiary/aromatic N) is 1. The van der Waals surface area contributed by atoms with Crippen molar-refractivity contribution in [1.82, 2.24) is 9.88 Å². The SMILES string of the molecule is CCOC(=O)c1c(C)[nH]c(C(=O)N(C)C)c1C. The fourth-order valence-corrected chi connectivity index (χ4v) is 1.70. The number of nitrogens with one attached hydrogen (secondary N) is 1. The van der Waals surface area contributed by atoms with Gasteiger partial charge in [0.05, 0.1) is 12.2 Å². The van der Waals surface area contributed by atoms with Gasteiger partial charge in [-0.1, -0.05) is 0 Å². The summed E-state index contributed by atoms with van der Waals surface area (Å²) in [6, 6.07) is 0. The topological polar surface area (TPSA) is 62.4 Å². The van der Waals surface area contributed by atoms with Crippen LogP contribution in [0.3, 0.4) is 0 Å². The molecule has 1 N–H and O–H groups in total. The van der Waals surface area contributed by atoms with E-state index in [-0.39, 0.29) is 5.91 Å². The molecule has 0 aliphatic rings. The number of hydrogen-bond acceptors (Lipinski definition) is 3. The first kappa shape index (κ1) is 13.3. The van der Waals surface area contributed by atoms with Crippen LogP contribution in [0.4, 0.5) is 0 Å². The van der Waals surface area contributed by atoms with Gasteiger partial charge >= 0.3 is 5.97 Å². The average Bonchev–Trinajstić information content (AvgIpc) is 2.53. The maximum absolute atomic E-state index is 11.9. The largest absolute Gasteiger partial charge is 0.462 e. The van der Waals surface area contributed by atoms with Crippen LogP contribution in [0.25, 0.3) is 0 Å². The summed E-state index contributed by atoms with van der Waals surface area (Å²) in [6.45, 7) is 5.57. The number of carbonyl (C=O) groups is 2. The maximum Gasteiger partial charge on any atom is 0.340 e. The Labute approximate surface area is 101 Å². The first-order chi connectivity index (χ1) is 7.90. The number of esters is 1. The van der Waals surface area contributed by atoms with Crippen LogP contribution < -0.4 is 0 Å². The van der Waals surface area contributed by atoms with E-state index in [0.717, 1.165) is 0 Å². The van der Waals surface area contributed by atoms with Crippen LogP contribution in [0.15, 0.2) is 0 Å². The van der Waals surface area contributed by atoms with Gasteiger partial charge in [-0.05, 0) is 26.3 Å². The summed E-state index contributed by atoms with van der Waals surface area (Å²) < 4.78 is 4.96. The fraction of sp³-hybridized carbons (Fsp3) is 0.500. The first-order valence-corrected chi connectivity index (χ1v) is 5.48. The predicted octanol–water partition coefficient (Wildman–Crippen LogP) is 1.51. The second-order valence-electron chi connectivity index (χ2n) is 4.05. The van der Waals surface area contributed by atoms with E-state index in [1.165, 1.54) is 4.90 Å². The molecule has 1 amide bonds. The highest BCUT2D eigenvalue weighted by molar-refractivity contribution is 6.00. The van der Waals surface area contributed by atoms with Crippen molar-refractivity contribution in [1.29, 1.82) is 0 Å². The lowest BCUT2D eigenvalue weighted by Gasteiger charge is -2.09. The number of aromatic nitrogens is 1. The van der Waals surface area contributed by atoms with Crippen molar-refractivity contribution in [3.05, 3.63) is 22.5 Å². The minimum absolute atomic E-state index is 0.152. The third kappa shape index (κ3) is 2.49. The van der Waals surface area contributed by atoms with Crippen molar-refractivity contribution < 1.29 is 14.3 Å². The smallest absolute Gasteiger partial charge is 0.340 e. The summed E-state index contributed by atoms with van der Waals surface area (Å²) in [7, 11) is 3.34. The van der Waals surface area contributed by atoms with Crippen LogP contribution in [0.5, 0.6) is 0 Å². The molecule has 0 radical (unpaired) electrons. The molecule has 1 rings (SSSR count). The van der Waals surface area contributed by atoms with Gasteiger partial charge in [-0.2, -0.15) is 0 Å². The first-order valence-electron chi connectivity index (χ1n) is 5.48. The van der Waals surface area contributed by atoms with Gasteiger partial charge in [0.25, 0.3) is 5.91 Å². The van der Waals surface area contributed by atoms with E-state index >= 15 is 0 Å². The number of carbonyl (C=O) groups excluding carboxylic acids is 2. The van der Waals surface area contributed by atoms with Crippen LogP contribution in [-0.2, 0) is 4.74 Å². The fourth-order valence-electron chi connectivity index (χ4n) is 1.70. The zero-order chi connectivity index (χ0) is 13.2. The molecule has 1 heterocycles. The van der Waals surface area contributed by atoms with Crippen molar-refractivity contribution in [2.24, 2.45) is 0 Å². The molecule has 0 unspecified atom stereocenters. The quantitative estimate of drug-likeness (QED) is 0.812. The van der Waals surface area contributed by atoms with Crippen molar-refractivity contribution in [2.75, 3.05) is 20.7 Å². The summed E-state index contributed by atoms with van der Waals surface area (Å²) in [5.74, 6) is -0.544. The molecule has 17 heavy (non-hydrogen) atoms. The van der Waals surface area contributed by atoms with E-state index in [0.29, 0.717) is 29.1 Å². The third-order valence-electron chi connectivity index (χ3n) is 2.54. The van der Waals surface area contributed by atoms with Gasteiger partial charge in [0.2, 0.25) is 0 Å². The number of ether oxygens (including phenoxy) is 1. The lowest BCUT2D eigenvalue weighted by atomic mass is 10.1. The number of rotatable bonds is 3. The van der Waals surface area contributed by atoms with Crippen LogP contribution in [0.2, 0.25) is 0 Å². The Bertz CT molecular complexity index is 447. The molecule has 0 aliphatic carbocycles. The molecule has 0 bridgehead atoms. The molecule has 1 aromatic heterocycles. The summed E-state index contributed by atoms with van der Waals surface area (Å²) in [4.78, 5) is 28.0. The molecule has 0 aliphatic heterocycles. The molecule has 5 nitrogen and oxygen atoms in total. The molecule has 5 heteroatoms. The molecule has 0 saturated heterocycles. The van der Waals surface area contributed by atoms with Crippen molar-refractivity contribution in [3.8, 4) is 0 Å². The van der Waals surface area contributed by atoms with E-state index in [1.54, 1.807) is 34.9 Å². The molecule has 0 fully saturated rings. The van der Waals surface area contributed by atoms with Gasteiger partial charge in [-0.3, -0.25) is 4.79 Å². The van der Waals surface area contributed by atoms with E-state index in [9.17, 15) is 9.59 Å². The molecule has 0 aromatic carbocycles. The van der Waals surface area contributed by atoms with Gasteiger partial charge in [0.1, 0.15) is 5.69 Å². The lowest BCUT2D eigenvalue weighted by Crippen LogP contribution is -2.23. The lowest BCUT2D eigenvalue weighted by molar-refractivity contribution is 0.0525. The minimum Gasteiger partial charge on any atom is -0.462 e. The minimum atomic E-state index is -0.392. The van der Waals surface area contributed by atoms with E-state index in [4.69, 9.17) is 4.74 Å². The van der Waals surface area contributed by atoms with Crippen molar-refractivity contribution in [2.45, 2.75) is 20.8 Å². The molecule has 0 saturated carbocycles. The maximum atomic E-state index is 11.9. The Morgan fingerprint density at radius 2 is 1.88 bits per heavy atom. The summed E-state index contributed by atoms with van der Waals surface area (Å²) in [6.07, 6.45) is 0. The van der Waals surface area contributed by atoms with Gasteiger partial charge in [-0.25, -0.2) is 4.79 Å². The number of aryl methyl sites for hydroxylation is 1. The molecule has 1 aromatic rings. The standard InChI is InChI=1S/C12H18N2O3/c1-6-17-12(16)9-7(2)10(13-8(9)3)11(15)14(4)5/h13H,6H2,1-5H3. The summed E-state index contributed by atoms with van der Waals surface area (Å²) in [5, 5.41) is 0. The molecule has 0 spiro atoms. The van der Waals surface area contributed by atoms with Crippen molar-refractivity contribution in [3.63, 3.8) is 0 Å². The normalized spacial score (nSPS) is 10.2. The van der Waals surface area contributed by atoms with Crippen LogP contribution in [-0.4, -0.2) is 42.5 Å². The molecule has 0 atom stereocenters. The van der Waals surface area contributed by atoms with Crippen LogP contribution >= 0.6 is 0 Å². The third-order valence-corrected chi connectivity index (χ3v) is 2.54. The molecule has 94 valence electrons. The number of aromatic amines is 1. The van der Waals surface area contributed by atoms with E-state index in [1.807, 2.05) is 0 Å². The summed E-state index contributed by atoms with van der Waals surface area (Å²) >= 11 is 0. The van der Waals surface area contributed by atoms with Crippen molar-refractivity contribution >= 4 is 11.9 Å². The molecular formula is C12H18N2O3. The molecular weight excluding hydrogens is 220 g/mol. The summed E-state index contributed by atoms with van der Waals surface area (Å²) in [5.41, 5.74) is 2.19. The second-order valence-corrected chi connectivity index (χ2v) is 4.05. The van der Waals surface area contributed by atoms with Gasteiger partial charge in [-0.15, -0.1) is 0 Å². The Kier molecular flexibility index (Phi) is 3.93.